The van der Waals surface area contributed by atoms with Crippen LogP contribution in [0.5, 0.6) is 0 Å². The van der Waals surface area contributed by atoms with E-state index < -0.39 is 28.3 Å². The molecule has 7 nitrogen and oxygen atoms in total. The lowest BCUT2D eigenvalue weighted by molar-refractivity contribution is -0.119. The van der Waals surface area contributed by atoms with Crippen LogP contribution in [-0.2, 0) is 14.8 Å². The van der Waals surface area contributed by atoms with E-state index in [4.69, 9.17) is 0 Å². The monoisotopic (exact) mass is 518 g/mol. The molecule has 190 valence electrons. The maximum atomic E-state index is 13.5. The summed E-state index contributed by atoms with van der Waals surface area (Å²) in [6.07, 6.45) is 1.53. The Labute approximate surface area is 215 Å². The Morgan fingerprint density at radius 3 is 2.35 bits per heavy atom. The highest BCUT2D eigenvalue weighted by Gasteiger charge is 2.27. The first kappa shape index (κ1) is 25.8. The van der Waals surface area contributed by atoms with Crippen molar-refractivity contribution in [3.05, 3.63) is 113 Å². The molecule has 0 saturated heterocycles. The largest absolute Gasteiger partial charge is 0.318 e. The Hall–Kier alpha value is -4.24. The number of aryl methyl sites for hydroxylation is 2. The molecule has 0 spiro atoms. The van der Waals surface area contributed by atoms with Gasteiger partial charge in [0.2, 0.25) is 0 Å². The van der Waals surface area contributed by atoms with Crippen LogP contribution >= 0.6 is 0 Å². The molecule has 0 atom stereocenters. The molecule has 4 rings (SSSR count). The topological polar surface area (TPSA) is 83.8 Å². The normalized spacial score (nSPS) is 11.6. The molecule has 1 amide bonds. The molecule has 0 unspecified atom stereocenters. The first-order valence-corrected chi connectivity index (χ1v) is 13.0. The molecule has 9 heteroatoms. The second kappa shape index (κ2) is 10.8. The molecule has 0 radical (unpaired) electrons. The van der Waals surface area contributed by atoms with Crippen molar-refractivity contribution in [2.75, 3.05) is 10.8 Å². The van der Waals surface area contributed by atoms with E-state index in [9.17, 15) is 17.6 Å². The molecule has 4 aromatic rings. The molecule has 1 N–H and O–H groups in total. The predicted octanol–water partition coefficient (Wildman–Crippen LogP) is 4.89. The second-order valence-electron chi connectivity index (χ2n) is 8.60. The molecule has 0 saturated carbocycles. The number of carbonyl (C=O) groups excluding carboxylic acids is 1. The summed E-state index contributed by atoms with van der Waals surface area (Å²) in [4.78, 5) is 12.8. The number of halogens is 1. The highest BCUT2D eigenvalue weighted by atomic mass is 32.2. The van der Waals surface area contributed by atoms with Crippen LogP contribution in [0.4, 0.5) is 10.1 Å². The van der Waals surface area contributed by atoms with Crippen molar-refractivity contribution in [3.8, 4) is 5.69 Å². The van der Waals surface area contributed by atoms with Gasteiger partial charge in [0, 0.05) is 22.6 Å². The van der Waals surface area contributed by atoms with Crippen molar-refractivity contribution in [1.82, 2.24) is 9.99 Å². The number of rotatable bonds is 8. The van der Waals surface area contributed by atoms with Gasteiger partial charge in [0.15, 0.2) is 0 Å². The van der Waals surface area contributed by atoms with Gasteiger partial charge in [-0.05, 0) is 80.9 Å². The van der Waals surface area contributed by atoms with E-state index in [1.165, 1.54) is 30.5 Å². The van der Waals surface area contributed by atoms with E-state index in [0.717, 1.165) is 44.6 Å². The van der Waals surface area contributed by atoms with Crippen molar-refractivity contribution < 1.29 is 17.6 Å². The molecule has 1 aromatic heterocycles. The van der Waals surface area contributed by atoms with E-state index in [1.807, 2.05) is 45.0 Å². The van der Waals surface area contributed by atoms with E-state index >= 15 is 0 Å². The lowest BCUT2D eigenvalue weighted by atomic mass is 10.2. The van der Waals surface area contributed by atoms with Crippen LogP contribution in [0.1, 0.15) is 22.5 Å². The van der Waals surface area contributed by atoms with Crippen LogP contribution in [-0.4, -0.2) is 31.7 Å². The first-order valence-electron chi connectivity index (χ1n) is 11.6. The van der Waals surface area contributed by atoms with Crippen molar-refractivity contribution in [2.45, 2.75) is 25.7 Å². The minimum Gasteiger partial charge on any atom is -0.318 e. The molecule has 1 heterocycles. The number of hydrogen-bond donors (Lipinski definition) is 1. The number of nitrogens with zero attached hydrogens (tertiary/aromatic N) is 3. The Balaban J connectivity index is 1.54. The summed E-state index contributed by atoms with van der Waals surface area (Å²) < 4.78 is 43.1. The smallest absolute Gasteiger partial charge is 0.264 e. The summed E-state index contributed by atoms with van der Waals surface area (Å²) in [6, 6.07) is 22.7. The number of benzene rings is 3. The molecular formula is C28H27FN4O3S. The van der Waals surface area contributed by atoms with Gasteiger partial charge in [0.25, 0.3) is 15.9 Å². The summed E-state index contributed by atoms with van der Waals surface area (Å²) >= 11 is 0. The molecule has 0 aliphatic rings. The van der Waals surface area contributed by atoms with Crippen LogP contribution in [0.3, 0.4) is 0 Å². The van der Waals surface area contributed by atoms with Gasteiger partial charge in [-0.1, -0.05) is 30.3 Å². The average molecular weight is 519 g/mol. The molecule has 0 aliphatic heterocycles. The number of aromatic nitrogens is 1. The van der Waals surface area contributed by atoms with Gasteiger partial charge in [0.1, 0.15) is 12.4 Å². The van der Waals surface area contributed by atoms with Crippen molar-refractivity contribution in [2.24, 2.45) is 5.10 Å². The Morgan fingerprint density at radius 1 is 0.973 bits per heavy atom. The number of hydrazone groups is 1. The zero-order valence-electron chi connectivity index (χ0n) is 20.7. The Bertz CT molecular complexity index is 1550. The quantitative estimate of drug-likeness (QED) is 0.266. The van der Waals surface area contributed by atoms with Crippen molar-refractivity contribution in [1.29, 1.82) is 0 Å². The summed E-state index contributed by atoms with van der Waals surface area (Å²) in [5.74, 6) is -1.16. The fourth-order valence-electron chi connectivity index (χ4n) is 4.06. The minimum atomic E-state index is -4.09. The standard InChI is InChI=1S/C28H27FN4O3S/c1-20-8-7-9-26(16-20)33-21(2)17-23(22(33)3)18-30-31-28(34)19-32(25-14-12-24(29)13-15-25)37(35,36)27-10-5-4-6-11-27/h4-18H,19H2,1-3H3,(H,31,34)/b30-18+. The predicted molar refractivity (Wildman–Crippen MR) is 143 cm³/mol. The first-order chi connectivity index (χ1) is 17.7. The van der Waals surface area contributed by atoms with Crippen LogP contribution in [0.15, 0.2) is 94.9 Å². The summed E-state index contributed by atoms with van der Waals surface area (Å²) in [5.41, 5.74) is 7.50. The molecule has 0 bridgehead atoms. The fraction of sp³-hybridized carbons (Fsp3) is 0.143. The summed E-state index contributed by atoms with van der Waals surface area (Å²) in [5, 5.41) is 4.06. The third kappa shape index (κ3) is 5.78. The lowest BCUT2D eigenvalue weighted by Crippen LogP contribution is -2.39. The third-order valence-corrected chi connectivity index (χ3v) is 7.64. The van der Waals surface area contributed by atoms with Crippen molar-refractivity contribution >= 4 is 27.8 Å². The van der Waals surface area contributed by atoms with Crippen molar-refractivity contribution in [3.63, 3.8) is 0 Å². The van der Waals surface area contributed by atoms with Gasteiger partial charge < -0.3 is 4.57 Å². The molecule has 0 aliphatic carbocycles. The SMILES string of the molecule is Cc1cccc(-n2c(C)cc(/C=N/NC(=O)CN(c3ccc(F)cc3)S(=O)(=O)c3ccccc3)c2C)c1. The van der Waals surface area contributed by atoms with Gasteiger partial charge in [-0.2, -0.15) is 5.10 Å². The summed E-state index contributed by atoms with van der Waals surface area (Å²) in [7, 11) is -4.09. The third-order valence-electron chi connectivity index (χ3n) is 5.86. The van der Waals surface area contributed by atoms with Gasteiger partial charge in [-0.15, -0.1) is 0 Å². The Morgan fingerprint density at radius 2 is 1.68 bits per heavy atom. The van der Waals surface area contributed by atoms with E-state index in [-0.39, 0.29) is 10.6 Å². The zero-order valence-corrected chi connectivity index (χ0v) is 21.5. The number of anilines is 1. The lowest BCUT2D eigenvalue weighted by Gasteiger charge is -2.23. The van der Waals surface area contributed by atoms with Gasteiger partial charge in [-0.3, -0.25) is 9.10 Å². The Kier molecular flexibility index (Phi) is 7.54. The van der Waals surface area contributed by atoms with Crippen LogP contribution < -0.4 is 9.73 Å². The summed E-state index contributed by atoms with van der Waals surface area (Å²) in [6.45, 7) is 5.44. The number of nitrogens with one attached hydrogen (secondary N) is 1. The number of amides is 1. The second-order valence-corrected chi connectivity index (χ2v) is 10.5. The highest BCUT2D eigenvalue weighted by molar-refractivity contribution is 7.92. The molecular weight excluding hydrogens is 491 g/mol. The minimum absolute atomic E-state index is 0.0132. The van der Waals surface area contributed by atoms with Crippen LogP contribution in [0, 0.1) is 26.6 Å². The number of sulfonamides is 1. The van der Waals surface area contributed by atoms with Crippen LogP contribution in [0.25, 0.3) is 5.69 Å². The number of hydrogen-bond acceptors (Lipinski definition) is 4. The number of carbonyl (C=O) groups is 1. The van der Waals surface area contributed by atoms with Gasteiger partial charge >= 0.3 is 0 Å². The fourth-order valence-corrected chi connectivity index (χ4v) is 5.51. The molecule has 0 fully saturated rings. The maximum absolute atomic E-state index is 13.5. The molecule has 37 heavy (non-hydrogen) atoms. The highest BCUT2D eigenvalue weighted by Crippen LogP contribution is 2.24. The molecule has 3 aromatic carbocycles. The van der Waals surface area contributed by atoms with E-state index in [2.05, 4.69) is 21.2 Å². The maximum Gasteiger partial charge on any atom is 0.264 e. The van der Waals surface area contributed by atoms with Gasteiger partial charge in [-0.25, -0.2) is 18.2 Å². The van der Waals surface area contributed by atoms with E-state index in [0.29, 0.717) is 0 Å². The van der Waals surface area contributed by atoms with Gasteiger partial charge in [0.05, 0.1) is 16.8 Å². The average Bonchev–Trinajstić information content (AvgIpc) is 3.16. The zero-order chi connectivity index (χ0) is 26.6. The van der Waals surface area contributed by atoms with Crippen LogP contribution in [0.2, 0.25) is 0 Å². The van der Waals surface area contributed by atoms with E-state index in [1.54, 1.807) is 18.2 Å².